The molecule has 2 N–H and O–H groups in total. The SMILES string of the molecule is COc1ccccc1-c1nccc(CN(C)CCCOc2ccc3c(c2)C2(CCC(Nc4cccc(Cl)c4)(C(=O)O)CC2)[C@@H](C[C@@H](C)COc2ccnc4c2[C@H](C)CCC4)C3)n1. The number of anilines is 1. The minimum absolute atomic E-state index is 0.178. The van der Waals surface area contributed by atoms with E-state index in [1.165, 1.54) is 28.8 Å². The molecular formula is C51H60ClN5O5. The van der Waals surface area contributed by atoms with Crippen molar-refractivity contribution in [1.29, 1.82) is 0 Å². The summed E-state index contributed by atoms with van der Waals surface area (Å²) in [5.74, 6) is 3.51. The quantitative estimate of drug-likeness (QED) is 0.0875. The number of hydrogen-bond donors (Lipinski definition) is 2. The van der Waals surface area contributed by atoms with Crippen LogP contribution in [-0.2, 0) is 29.6 Å². The molecule has 8 rings (SSSR count). The molecule has 2 aromatic heterocycles. The largest absolute Gasteiger partial charge is 0.496 e. The molecule has 1 saturated carbocycles. The Labute approximate surface area is 371 Å². The average molecular weight is 859 g/mol. The summed E-state index contributed by atoms with van der Waals surface area (Å²) in [6, 6.07) is 25.8. The van der Waals surface area contributed by atoms with Gasteiger partial charge in [-0.2, -0.15) is 0 Å². The number of carboxylic acid groups (broad SMARTS) is 1. The number of aryl methyl sites for hydroxylation is 1. The number of benzene rings is 3. The van der Waals surface area contributed by atoms with Crippen molar-refractivity contribution in [2.45, 2.75) is 101 Å². The van der Waals surface area contributed by atoms with Crippen molar-refractivity contribution >= 4 is 23.3 Å². The third-order valence-electron chi connectivity index (χ3n) is 13.7. The molecular weight excluding hydrogens is 798 g/mol. The van der Waals surface area contributed by atoms with Gasteiger partial charge in [0.05, 0.1) is 31.6 Å². The molecule has 3 aromatic carbocycles. The monoisotopic (exact) mass is 857 g/mol. The standard InChI is InChI=1S/C51H60ClN5O5/c1-34(33-62-46-19-25-53-44-14-7-10-35(2)47(44)46)28-37-29-36-16-17-41(31-43(36)50(37)20-22-51(23-21-50,49(58)59)56-39-12-8-11-38(52)30-39)61-27-9-26-57(3)32-40-18-24-54-48(55-40)42-13-5-6-15-45(42)60-4/h5-6,8,11-13,15-19,24-25,30-31,34-35,37,56H,7,9-10,14,20-23,26-29,32-33H2,1-4H3,(H,58,59)/t34-,35-,37+,50?,51?/m1/s1. The number of hydrogen-bond acceptors (Lipinski definition) is 9. The van der Waals surface area contributed by atoms with E-state index in [2.05, 4.69) is 54.3 Å². The molecule has 0 amide bonds. The first-order chi connectivity index (χ1) is 30.1. The summed E-state index contributed by atoms with van der Waals surface area (Å²) in [4.78, 5) is 29.4. The molecule has 0 unspecified atom stereocenters. The fourth-order valence-corrected chi connectivity index (χ4v) is 10.7. The van der Waals surface area contributed by atoms with Gasteiger partial charge in [-0.1, -0.05) is 49.7 Å². The predicted octanol–water partition coefficient (Wildman–Crippen LogP) is 10.6. The van der Waals surface area contributed by atoms with E-state index in [9.17, 15) is 9.90 Å². The van der Waals surface area contributed by atoms with E-state index < -0.39 is 11.5 Å². The molecule has 326 valence electrons. The first-order valence-electron chi connectivity index (χ1n) is 22.3. The van der Waals surface area contributed by atoms with Crippen molar-refractivity contribution in [3.8, 4) is 28.6 Å². The lowest BCUT2D eigenvalue weighted by Crippen LogP contribution is -2.53. The van der Waals surface area contributed by atoms with Gasteiger partial charge in [0.15, 0.2) is 5.82 Å². The van der Waals surface area contributed by atoms with Gasteiger partial charge in [0.1, 0.15) is 22.8 Å². The van der Waals surface area contributed by atoms with E-state index in [-0.39, 0.29) is 5.41 Å². The zero-order chi connectivity index (χ0) is 43.3. The maximum Gasteiger partial charge on any atom is 0.329 e. The van der Waals surface area contributed by atoms with E-state index in [0.29, 0.717) is 61.2 Å². The van der Waals surface area contributed by atoms with Crippen LogP contribution in [0.15, 0.2) is 91.3 Å². The minimum atomic E-state index is -1.09. The Kier molecular flexibility index (Phi) is 13.4. The lowest BCUT2D eigenvalue weighted by molar-refractivity contribution is -0.144. The maximum atomic E-state index is 13.1. The predicted molar refractivity (Wildman–Crippen MR) is 245 cm³/mol. The van der Waals surface area contributed by atoms with E-state index >= 15 is 0 Å². The smallest absolute Gasteiger partial charge is 0.329 e. The molecule has 2 heterocycles. The zero-order valence-electron chi connectivity index (χ0n) is 36.5. The molecule has 11 heteroatoms. The normalized spacial score (nSPS) is 22.2. The van der Waals surface area contributed by atoms with E-state index in [0.717, 1.165) is 85.7 Å². The summed E-state index contributed by atoms with van der Waals surface area (Å²) in [5.41, 5.74) is 6.40. The summed E-state index contributed by atoms with van der Waals surface area (Å²) in [5, 5.41) is 14.8. The molecule has 0 saturated heterocycles. The van der Waals surface area contributed by atoms with Crippen molar-refractivity contribution in [1.82, 2.24) is 19.9 Å². The molecule has 10 nitrogen and oxygen atoms in total. The second-order valence-corrected chi connectivity index (χ2v) is 18.5. The van der Waals surface area contributed by atoms with Crippen LogP contribution in [0.1, 0.15) is 99.2 Å². The molecule has 1 fully saturated rings. The van der Waals surface area contributed by atoms with Crippen LogP contribution in [0.5, 0.6) is 17.2 Å². The Hall–Kier alpha value is -5.19. The van der Waals surface area contributed by atoms with Crippen molar-refractivity contribution < 1.29 is 24.1 Å². The lowest BCUT2D eigenvalue weighted by atomic mass is 9.59. The van der Waals surface area contributed by atoms with Crippen LogP contribution in [0.3, 0.4) is 0 Å². The number of nitrogens with zero attached hydrogens (tertiary/aromatic N) is 4. The topological polar surface area (TPSA) is 119 Å². The van der Waals surface area contributed by atoms with Gasteiger partial charge in [-0.25, -0.2) is 14.8 Å². The van der Waals surface area contributed by atoms with Crippen molar-refractivity contribution in [2.24, 2.45) is 11.8 Å². The lowest BCUT2D eigenvalue weighted by Gasteiger charge is -2.47. The molecule has 0 radical (unpaired) electrons. The Morgan fingerprint density at radius 2 is 1.81 bits per heavy atom. The molecule has 3 atom stereocenters. The highest BCUT2D eigenvalue weighted by molar-refractivity contribution is 6.30. The van der Waals surface area contributed by atoms with Crippen LogP contribution in [0.4, 0.5) is 5.69 Å². The van der Waals surface area contributed by atoms with Crippen molar-refractivity contribution in [3.05, 3.63) is 124 Å². The van der Waals surface area contributed by atoms with Gasteiger partial charge in [0.25, 0.3) is 0 Å². The molecule has 0 aliphatic heterocycles. The van der Waals surface area contributed by atoms with Crippen LogP contribution in [0.25, 0.3) is 11.4 Å². The highest BCUT2D eigenvalue weighted by Crippen LogP contribution is 2.57. The maximum absolute atomic E-state index is 13.1. The second kappa shape index (κ2) is 19.1. The first-order valence-corrected chi connectivity index (χ1v) is 22.7. The van der Waals surface area contributed by atoms with Gasteiger partial charge in [-0.05, 0) is 160 Å². The highest BCUT2D eigenvalue weighted by Gasteiger charge is 2.54. The number of ether oxygens (including phenoxy) is 3. The number of rotatable bonds is 17. The zero-order valence-corrected chi connectivity index (χ0v) is 37.3. The Morgan fingerprint density at radius 3 is 2.61 bits per heavy atom. The van der Waals surface area contributed by atoms with Crippen LogP contribution in [0, 0.1) is 11.8 Å². The third-order valence-corrected chi connectivity index (χ3v) is 13.9. The van der Waals surface area contributed by atoms with Gasteiger partial charge in [-0.3, -0.25) is 4.98 Å². The summed E-state index contributed by atoms with van der Waals surface area (Å²) in [6.07, 6.45) is 12.3. The third kappa shape index (κ3) is 9.42. The van der Waals surface area contributed by atoms with Crippen LogP contribution in [0.2, 0.25) is 5.02 Å². The number of halogens is 1. The van der Waals surface area contributed by atoms with Crippen LogP contribution < -0.4 is 19.5 Å². The Bertz CT molecular complexity index is 2350. The molecule has 0 bridgehead atoms. The second-order valence-electron chi connectivity index (χ2n) is 18.0. The number of para-hydroxylation sites is 1. The number of aromatic nitrogens is 3. The Morgan fingerprint density at radius 1 is 0.984 bits per heavy atom. The summed E-state index contributed by atoms with van der Waals surface area (Å²) < 4.78 is 18.7. The summed E-state index contributed by atoms with van der Waals surface area (Å²) in [6.45, 7) is 7.31. The fraction of sp³-hybridized carbons (Fsp3) is 0.451. The van der Waals surface area contributed by atoms with E-state index in [1.807, 2.05) is 66.9 Å². The highest BCUT2D eigenvalue weighted by atomic mass is 35.5. The molecule has 62 heavy (non-hydrogen) atoms. The number of carbonyl (C=O) groups is 1. The molecule has 5 aromatic rings. The number of pyridine rings is 1. The molecule has 3 aliphatic carbocycles. The van der Waals surface area contributed by atoms with Crippen LogP contribution in [-0.4, -0.2) is 70.4 Å². The van der Waals surface area contributed by atoms with Gasteiger partial charge in [-0.15, -0.1) is 0 Å². The van der Waals surface area contributed by atoms with Gasteiger partial charge in [0, 0.05) is 47.5 Å². The number of fused-ring (bicyclic) bond motifs is 3. The summed E-state index contributed by atoms with van der Waals surface area (Å²) >= 11 is 6.33. The Balaban J connectivity index is 0.947. The first kappa shape index (κ1) is 43.5. The van der Waals surface area contributed by atoms with Gasteiger partial charge in [0.2, 0.25) is 0 Å². The number of methoxy groups -OCH3 is 1. The number of aliphatic carboxylic acids is 1. The summed E-state index contributed by atoms with van der Waals surface area (Å²) in [7, 11) is 3.76. The number of carboxylic acids is 1. The average Bonchev–Trinajstić information content (AvgIpc) is 3.56. The fourth-order valence-electron chi connectivity index (χ4n) is 10.5. The molecule has 1 spiro atoms. The molecule has 3 aliphatic rings. The van der Waals surface area contributed by atoms with Gasteiger partial charge < -0.3 is 29.5 Å². The van der Waals surface area contributed by atoms with Gasteiger partial charge >= 0.3 is 5.97 Å². The van der Waals surface area contributed by atoms with E-state index in [4.69, 9.17) is 35.8 Å². The van der Waals surface area contributed by atoms with Crippen molar-refractivity contribution in [3.63, 3.8) is 0 Å². The van der Waals surface area contributed by atoms with E-state index in [1.54, 1.807) is 13.3 Å². The number of nitrogens with one attached hydrogen (secondary N) is 1. The van der Waals surface area contributed by atoms with Crippen molar-refractivity contribution in [2.75, 3.05) is 39.2 Å². The van der Waals surface area contributed by atoms with Crippen LogP contribution >= 0.6 is 11.6 Å². The minimum Gasteiger partial charge on any atom is -0.496 e.